The highest BCUT2D eigenvalue weighted by atomic mass is 35.5. The largest absolute Gasteiger partial charge is 0.375 e. The van der Waals surface area contributed by atoms with Crippen LogP contribution in [-0.4, -0.2) is 49.1 Å². The summed E-state index contributed by atoms with van der Waals surface area (Å²) in [7, 11) is 3.81. The Hall–Kier alpha value is -1.60. The topological polar surface area (TPSA) is 73.5 Å². The number of fused-ring (bicyclic) bond motifs is 1. The van der Waals surface area contributed by atoms with Gasteiger partial charge in [0.1, 0.15) is 0 Å². The second-order valence-corrected chi connectivity index (χ2v) is 8.63. The zero-order chi connectivity index (χ0) is 18.7. The van der Waals surface area contributed by atoms with Crippen molar-refractivity contribution in [1.29, 1.82) is 0 Å². The molecule has 0 saturated carbocycles. The van der Waals surface area contributed by atoms with E-state index in [-0.39, 0.29) is 24.0 Å². The van der Waals surface area contributed by atoms with Gasteiger partial charge in [0.15, 0.2) is 0 Å². The normalized spacial score (nSPS) is 24.0. The first-order chi connectivity index (χ1) is 12.5. The van der Waals surface area contributed by atoms with Crippen LogP contribution < -0.4 is 20.9 Å². The molecule has 0 bridgehead atoms. The van der Waals surface area contributed by atoms with E-state index in [2.05, 4.69) is 16.0 Å². The molecule has 26 heavy (non-hydrogen) atoms. The molecule has 0 aromatic heterocycles. The number of nitrogens with zero attached hydrogens (tertiary/aromatic N) is 1. The molecule has 1 aromatic rings. The smallest absolute Gasteiger partial charge is 0.315 e. The quantitative estimate of drug-likeness (QED) is 0.489. The number of carbonyl (C=O) groups is 2. The van der Waals surface area contributed by atoms with Gasteiger partial charge in [0.25, 0.3) is 0 Å². The van der Waals surface area contributed by atoms with Crippen molar-refractivity contribution in [2.45, 2.75) is 43.0 Å². The molecule has 8 heteroatoms. The van der Waals surface area contributed by atoms with Crippen molar-refractivity contribution in [3.63, 3.8) is 0 Å². The van der Waals surface area contributed by atoms with Crippen LogP contribution in [0, 0.1) is 0 Å². The van der Waals surface area contributed by atoms with Gasteiger partial charge < -0.3 is 20.9 Å². The highest BCUT2D eigenvalue weighted by molar-refractivity contribution is 8.00. The predicted octanol–water partition coefficient (Wildman–Crippen LogP) is 3.07. The molecule has 0 radical (unpaired) electrons. The van der Waals surface area contributed by atoms with E-state index in [0.717, 1.165) is 36.4 Å². The number of para-hydroxylation sites is 1. The Morgan fingerprint density at radius 3 is 2.92 bits per heavy atom. The number of hydrogen-bond donors (Lipinski definition) is 3. The lowest BCUT2D eigenvalue weighted by Crippen LogP contribution is -2.36. The molecular weight excluding hydrogens is 372 g/mol. The van der Waals surface area contributed by atoms with Gasteiger partial charge in [-0.3, -0.25) is 4.79 Å². The van der Waals surface area contributed by atoms with E-state index in [1.165, 1.54) is 0 Å². The molecule has 3 N–H and O–H groups in total. The minimum Gasteiger partial charge on any atom is -0.375 e. The first-order valence-electron chi connectivity index (χ1n) is 8.90. The van der Waals surface area contributed by atoms with Gasteiger partial charge in [-0.1, -0.05) is 24.1 Å². The van der Waals surface area contributed by atoms with Gasteiger partial charge in [-0.15, -0.1) is 0 Å². The molecule has 2 aliphatic heterocycles. The van der Waals surface area contributed by atoms with Crippen molar-refractivity contribution in [2.24, 2.45) is 0 Å². The zero-order valence-corrected chi connectivity index (χ0v) is 16.6. The van der Waals surface area contributed by atoms with Gasteiger partial charge in [-0.25, -0.2) is 4.79 Å². The summed E-state index contributed by atoms with van der Waals surface area (Å²) in [6, 6.07) is 5.95. The molecule has 6 nitrogen and oxygen atoms in total. The molecule has 0 unspecified atom stereocenters. The highest BCUT2D eigenvalue weighted by Crippen LogP contribution is 2.34. The summed E-state index contributed by atoms with van der Waals surface area (Å²) in [5.74, 6) is 0.972. The summed E-state index contributed by atoms with van der Waals surface area (Å²) in [5.41, 5.74) is 1.56. The Kier molecular flexibility index (Phi) is 6.19. The maximum absolute atomic E-state index is 12.3. The molecular formula is C18H25ClN4O2S. The van der Waals surface area contributed by atoms with Gasteiger partial charge in [0.2, 0.25) is 5.91 Å². The summed E-state index contributed by atoms with van der Waals surface area (Å²) >= 11 is 8.14. The van der Waals surface area contributed by atoms with Crippen LogP contribution in [0.1, 0.15) is 25.7 Å². The van der Waals surface area contributed by atoms with Gasteiger partial charge in [-0.2, -0.15) is 11.8 Å². The van der Waals surface area contributed by atoms with Crippen LogP contribution in [0.2, 0.25) is 5.02 Å². The molecule has 142 valence electrons. The van der Waals surface area contributed by atoms with Crippen LogP contribution in [0.4, 0.5) is 16.2 Å². The molecule has 0 aliphatic carbocycles. The molecule has 3 amide bonds. The molecule has 2 aliphatic rings. The second-order valence-electron chi connectivity index (χ2n) is 6.95. The third-order valence-corrected chi connectivity index (χ3v) is 6.60. The van der Waals surface area contributed by atoms with Crippen LogP contribution in [-0.2, 0) is 4.79 Å². The average Bonchev–Trinajstić information content (AvgIpc) is 3.11. The Labute approximate surface area is 163 Å². The average molecular weight is 397 g/mol. The molecule has 0 spiro atoms. The SMILES string of the molecule is CN(C)c1c(Cl)cccc1NC(=O)CCCC[C@@H]1SC[C@@H]2NC(=O)N[C@@H]21. The lowest BCUT2D eigenvalue weighted by atomic mass is 10.0. The van der Waals surface area contributed by atoms with E-state index < -0.39 is 0 Å². The van der Waals surface area contributed by atoms with E-state index in [1.807, 2.05) is 49.0 Å². The maximum Gasteiger partial charge on any atom is 0.315 e. The van der Waals surface area contributed by atoms with Gasteiger partial charge >= 0.3 is 6.03 Å². The fourth-order valence-corrected chi connectivity index (χ4v) is 5.44. The molecule has 2 fully saturated rings. The molecule has 2 saturated heterocycles. The van der Waals surface area contributed by atoms with E-state index in [1.54, 1.807) is 0 Å². The van der Waals surface area contributed by atoms with E-state index in [0.29, 0.717) is 16.7 Å². The number of thioether (sulfide) groups is 1. The lowest BCUT2D eigenvalue weighted by Gasteiger charge is -2.19. The monoisotopic (exact) mass is 396 g/mol. The van der Waals surface area contributed by atoms with Crippen molar-refractivity contribution in [3.05, 3.63) is 23.2 Å². The van der Waals surface area contributed by atoms with Crippen molar-refractivity contribution in [2.75, 3.05) is 30.1 Å². The number of urea groups is 1. The number of nitrogens with one attached hydrogen (secondary N) is 3. The number of carbonyl (C=O) groups excluding carboxylic acids is 2. The third-order valence-electron chi connectivity index (χ3n) is 4.79. The Morgan fingerprint density at radius 1 is 1.35 bits per heavy atom. The van der Waals surface area contributed by atoms with Crippen molar-refractivity contribution < 1.29 is 9.59 Å². The number of benzene rings is 1. The number of halogens is 1. The molecule has 1 aromatic carbocycles. The van der Waals surface area contributed by atoms with Gasteiger partial charge in [0.05, 0.1) is 28.5 Å². The predicted molar refractivity (Wildman–Crippen MR) is 108 cm³/mol. The summed E-state index contributed by atoms with van der Waals surface area (Å²) in [6.07, 6.45) is 3.30. The second kappa shape index (κ2) is 8.39. The number of anilines is 2. The number of hydrogen-bond acceptors (Lipinski definition) is 4. The first kappa shape index (κ1) is 19.2. The van der Waals surface area contributed by atoms with E-state index >= 15 is 0 Å². The lowest BCUT2D eigenvalue weighted by molar-refractivity contribution is -0.116. The third kappa shape index (κ3) is 4.38. The molecule has 3 atom stereocenters. The molecule has 2 heterocycles. The first-order valence-corrected chi connectivity index (χ1v) is 10.3. The maximum atomic E-state index is 12.3. The summed E-state index contributed by atoms with van der Waals surface area (Å²) < 4.78 is 0. The Balaban J connectivity index is 1.43. The fraction of sp³-hybridized carbons (Fsp3) is 0.556. The number of amides is 3. The zero-order valence-electron chi connectivity index (χ0n) is 15.0. The van der Waals surface area contributed by atoms with Crippen LogP contribution in [0.15, 0.2) is 18.2 Å². The summed E-state index contributed by atoms with van der Waals surface area (Å²) in [5, 5.41) is 9.98. The van der Waals surface area contributed by atoms with Crippen molar-refractivity contribution >= 4 is 46.7 Å². The van der Waals surface area contributed by atoms with E-state index in [9.17, 15) is 9.59 Å². The minimum atomic E-state index is -0.0529. The van der Waals surface area contributed by atoms with Crippen molar-refractivity contribution in [1.82, 2.24) is 10.6 Å². The number of rotatable bonds is 7. The van der Waals surface area contributed by atoms with Crippen LogP contribution in [0.3, 0.4) is 0 Å². The number of unbranched alkanes of at least 4 members (excludes halogenated alkanes) is 1. The van der Waals surface area contributed by atoms with Gasteiger partial charge in [0, 0.05) is 31.5 Å². The van der Waals surface area contributed by atoms with Crippen LogP contribution in [0.25, 0.3) is 0 Å². The fourth-order valence-electron chi connectivity index (χ4n) is 3.56. The van der Waals surface area contributed by atoms with Crippen molar-refractivity contribution in [3.8, 4) is 0 Å². The molecule has 3 rings (SSSR count). The standard InChI is InChI=1S/C18H25ClN4O2S/c1-23(2)17-11(19)6-5-7-12(17)20-15(24)9-4-3-8-14-16-13(10-26-14)21-18(25)22-16/h5-7,13-14,16H,3-4,8-10H2,1-2H3,(H,20,24)(H2,21,22,25)/t13-,14-,16-/m0/s1. The highest BCUT2D eigenvalue weighted by Gasteiger charge is 2.42. The Morgan fingerprint density at radius 2 is 2.15 bits per heavy atom. The minimum absolute atomic E-state index is 0.00292. The summed E-state index contributed by atoms with van der Waals surface area (Å²) in [6.45, 7) is 0. The van der Waals surface area contributed by atoms with E-state index in [4.69, 9.17) is 11.6 Å². The Bertz CT molecular complexity index is 685. The van der Waals surface area contributed by atoms with Gasteiger partial charge in [-0.05, 0) is 25.0 Å². The van der Waals surface area contributed by atoms with Crippen LogP contribution in [0.5, 0.6) is 0 Å². The van der Waals surface area contributed by atoms with Crippen LogP contribution >= 0.6 is 23.4 Å². The summed E-state index contributed by atoms with van der Waals surface area (Å²) in [4.78, 5) is 25.6.